The van der Waals surface area contributed by atoms with Gasteiger partial charge in [0.2, 0.25) is 0 Å². The van der Waals surface area contributed by atoms with Gasteiger partial charge in [0, 0.05) is 25.9 Å². The molecule has 0 aromatic heterocycles. The van der Waals surface area contributed by atoms with Gasteiger partial charge >= 0.3 is 0 Å². The van der Waals surface area contributed by atoms with Crippen molar-refractivity contribution in [1.82, 2.24) is 0 Å². The molecule has 4 heteroatoms. The average Bonchev–Trinajstić information content (AvgIpc) is 2.21. The highest BCUT2D eigenvalue weighted by molar-refractivity contribution is 6.33. The number of nitrogens with zero attached hydrogens (tertiary/aromatic N) is 1. The first-order valence-corrected chi connectivity index (χ1v) is 5.35. The minimum absolute atomic E-state index is 0.687. The molecule has 84 valence electrons. The molecule has 0 radical (unpaired) electrons. The van der Waals surface area contributed by atoms with E-state index in [0.29, 0.717) is 17.3 Å². The number of likely N-dealkylation sites (N-methyl/N-ethyl adjacent to an activating group) is 1. The van der Waals surface area contributed by atoms with Gasteiger partial charge in [-0.3, -0.25) is 0 Å². The van der Waals surface area contributed by atoms with Crippen molar-refractivity contribution < 1.29 is 4.74 Å². The van der Waals surface area contributed by atoms with Crippen LogP contribution in [0.1, 0.15) is 6.92 Å². The Morgan fingerprint density at radius 3 is 2.73 bits per heavy atom. The van der Waals surface area contributed by atoms with Crippen LogP contribution in [-0.4, -0.2) is 26.8 Å². The molecule has 0 amide bonds. The Kier molecular flexibility index (Phi) is 4.72. The van der Waals surface area contributed by atoms with Crippen molar-refractivity contribution in [3.63, 3.8) is 0 Å². The molecule has 1 aromatic rings. The van der Waals surface area contributed by atoms with Gasteiger partial charge in [0.05, 0.1) is 17.3 Å². The third-order valence-electron chi connectivity index (χ3n) is 2.26. The van der Waals surface area contributed by atoms with E-state index < -0.39 is 0 Å². The molecule has 0 heterocycles. The van der Waals surface area contributed by atoms with Crippen molar-refractivity contribution in [2.75, 3.05) is 37.4 Å². The zero-order valence-electron chi connectivity index (χ0n) is 9.16. The lowest BCUT2D eigenvalue weighted by molar-refractivity contribution is 0.205. The summed E-state index contributed by atoms with van der Waals surface area (Å²) < 4.78 is 5.05. The Balaban J connectivity index is 2.81. The van der Waals surface area contributed by atoms with Gasteiger partial charge in [-0.1, -0.05) is 11.6 Å². The van der Waals surface area contributed by atoms with E-state index in [4.69, 9.17) is 22.1 Å². The van der Waals surface area contributed by atoms with Crippen LogP contribution in [-0.2, 0) is 4.74 Å². The monoisotopic (exact) mass is 228 g/mol. The van der Waals surface area contributed by atoms with E-state index in [0.717, 1.165) is 18.8 Å². The fourth-order valence-electron chi connectivity index (χ4n) is 1.43. The van der Waals surface area contributed by atoms with Crippen LogP contribution in [0.25, 0.3) is 0 Å². The second-order valence-corrected chi connectivity index (χ2v) is 3.69. The lowest BCUT2D eigenvalue weighted by Crippen LogP contribution is -2.27. The third-order valence-corrected chi connectivity index (χ3v) is 2.56. The Hall–Kier alpha value is -0.930. The number of hydrogen-bond donors (Lipinski definition) is 1. The van der Waals surface area contributed by atoms with Crippen molar-refractivity contribution in [2.45, 2.75) is 6.92 Å². The van der Waals surface area contributed by atoms with Crippen LogP contribution in [0.3, 0.4) is 0 Å². The van der Waals surface area contributed by atoms with Gasteiger partial charge < -0.3 is 15.4 Å². The summed E-state index contributed by atoms with van der Waals surface area (Å²) >= 11 is 6.12. The average molecular weight is 229 g/mol. The van der Waals surface area contributed by atoms with Gasteiger partial charge in [0.15, 0.2) is 0 Å². The Bertz CT molecular complexity index is 317. The van der Waals surface area contributed by atoms with E-state index in [2.05, 4.69) is 11.8 Å². The number of halogens is 1. The molecule has 0 saturated carbocycles. The summed E-state index contributed by atoms with van der Waals surface area (Å²) in [6.07, 6.45) is 0. The van der Waals surface area contributed by atoms with E-state index >= 15 is 0 Å². The Labute approximate surface area is 95.8 Å². The first-order valence-electron chi connectivity index (χ1n) is 4.98. The fourth-order valence-corrected chi connectivity index (χ4v) is 1.74. The van der Waals surface area contributed by atoms with Crippen LogP contribution in [0.15, 0.2) is 18.2 Å². The predicted octanol–water partition coefficient (Wildman–Crippen LogP) is 2.39. The molecule has 0 spiro atoms. The molecule has 0 aliphatic rings. The number of benzene rings is 1. The maximum Gasteiger partial charge on any atom is 0.0660 e. The lowest BCUT2D eigenvalue weighted by atomic mass is 10.2. The number of nitrogen functional groups attached to an aromatic ring is 1. The Morgan fingerprint density at radius 1 is 1.47 bits per heavy atom. The summed E-state index contributed by atoms with van der Waals surface area (Å²) in [5, 5.41) is 0.688. The standard InChI is InChI=1S/C11H17ClN2O/c1-3-14(6-7-15-2)11-5-4-9(13)8-10(11)12/h4-5,8H,3,6-7,13H2,1-2H3. The fraction of sp³-hybridized carbons (Fsp3) is 0.455. The second-order valence-electron chi connectivity index (χ2n) is 3.28. The molecule has 0 bridgehead atoms. The summed E-state index contributed by atoms with van der Waals surface area (Å²) in [6, 6.07) is 5.57. The largest absolute Gasteiger partial charge is 0.399 e. The van der Waals surface area contributed by atoms with Gasteiger partial charge in [-0.15, -0.1) is 0 Å². The summed E-state index contributed by atoms with van der Waals surface area (Å²) in [7, 11) is 1.69. The smallest absolute Gasteiger partial charge is 0.0660 e. The number of ether oxygens (including phenoxy) is 1. The minimum atomic E-state index is 0.687. The molecule has 0 aliphatic carbocycles. The molecular weight excluding hydrogens is 212 g/mol. The van der Waals surface area contributed by atoms with Crippen molar-refractivity contribution in [3.8, 4) is 0 Å². The van der Waals surface area contributed by atoms with Gasteiger partial charge in [-0.2, -0.15) is 0 Å². The van der Waals surface area contributed by atoms with E-state index in [1.165, 1.54) is 0 Å². The number of rotatable bonds is 5. The predicted molar refractivity (Wildman–Crippen MR) is 65.6 cm³/mol. The highest BCUT2D eigenvalue weighted by Gasteiger charge is 2.08. The van der Waals surface area contributed by atoms with Crippen molar-refractivity contribution in [3.05, 3.63) is 23.2 Å². The first kappa shape index (κ1) is 12.1. The Morgan fingerprint density at radius 2 is 2.20 bits per heavy atom. The van der Waals surface area contributed by atoms with Crippen LogP contribution >= 0.6 is 11.6 Å². The van der Waals surface area contributed by atoms with Crippen molar-refractivity contribution >= 4 is 23.0 Å². The highest BCUT2D eigenvalue weighted by Crippen LogP contribution is 2.27. The summed E-state index contributed by atoms with van der Waals surface area (Å²) in [5.74, 6) is 0. The van der Waals surface area contributed by atoms with E-state index in [-0.39, 0.29) is 0 Å². The van der Waals surface area contributed by atoms with Crippen LogP contribution in [0, 0.1) is 0 Å². The zero-order chi connectivity index (χ0) is 11.3. The van der Waals surface area contributed by atoms with Crippen LogP contribution in [0.4, 0.5) is 11.4 Å². The molecule has 0 fully saturated rings. The second kappa shape index (κ2) is 5.83. The number of nitrogens with two attached hydrogens (primary N) is 1. The number of methoxy groups -OCH3 is 1. The number of anilines is 2. The molecule has 1 rings (SSSR count). The molecule has 2 N–H and O–H groups in total. The van der Waals surface area contributed by atoms with Crippen molar-refractivity contribution in [1.29, 1.82) is 0 Å². The third kappa shape index (κ3) is 3.29. The maximum absolute atomic E-state index is 6.12. The molecule has 0 aliphatic heterocycles. The number of hydrogen-bond acceptors (Lipinski definition) is 3. The zero-order valence-corrected chi connectivity index (χ0v) is 9.92. The molecule has 1 aromatic carbocycles. The van der Waals surface area contributed by atoms with E-state index in [9.17, 15) is 0 Å². The lowest BCUT2D eigenvalue weighted by Gasteiger charge is -2.23. The molecule has 3 nitrogen and oxygen atoms in total. The van der Waals surface area contributed by atoms with Gasteiger partial charge in [0.1, 0.15) is 0 Å². The molecular formula is C11H17ClN2O. The topological polar surface area (TPSA) is 38.5 Å². The summed E-state index contributed by atoms with van der Waals surface area (Å²) in [5.41, 5.74) is 7.33. The van der Waals surface area contributed by atoms with E-state index in [1.807, 2.05) is 12.1 Å². The molecule has 0 unspecified atom stereocenters. The van der Waals surface area contributed by atoms with Crippen molar-refractivity contribution in [2.24, 2.45) is 0 Å². The molecule has 0 atom stereocenters. The van der Waals surface area contributed by atoms with Gasteiger partial charge in [-0.25, -0.2) is 0 Å². The first-order chi connectivity index (χ1) is 7.19. The van der Waals surface area contributed by atoms with Gasteiger partial charge in [-0.05, 0) is 25.1 Å². The SMILES string of the molecule is CCN(CCOC)c1ccc(N)cc1Cl. The quantitative estimate of drug-likeness (QED) is 0.787. The minimum Gasteiger partial charge on any atom is -0.399 e. The maximum atomic E-state index is 6.12. The van der Waals surface area contributed by atoms with Crippen LogP contribution in [0.2, 0.25) is 5.02 Å². The normalized spacial score (nSPS) is 10.3. The molecule has 0 saturated heterocycles. The van der Waals surface area contributed by atoms with Gasteiger partial charge in [0.25, 0.3) is 0 Å². The molecule has 15 heavy (non-hydrogen) atoms. The highest BCUT2D eigenvalue weighted by atomic mass is 35.5. The summed E-state index contributed by atoms with van der Waals surface area (Å²) in [6.45, 7) is 4.50. The van der Waals surface area contributed by atoms with Crippen LogP contribution in [0.5, 0.6) is 0 Å². The van der Waals surface area contributed by atoms with E-state index in [1.54, 1.807) is 13.2 Å². The summed E-state index contributed by atoms with van der Waals surface area (Å²) in [4.78, 5) is 2.16. The van der Waals surface area contributed by atoms with Crippen LogP contribution < -0.4 is 10.6 Å².